The molecule has 5 unspecified atom stereocenters. The number of aliphatic hydroxyl groups is 5. The summed E-state index contributed by atoms with van der Waals surface area (Å²) in [5, 5.41) is 56.3. The van der Waals surface area contributed by atoms with Gasteiger partial charge in [-0.15, -0.1) is 0 Å². The summed E-state index contributed by atoms with van der Waals surface area (Å²) in [6.45, 7) is 16.3. The van der Waals surface area contributed by atoms with Gasteiger partial charge in [0.2, 0.25) is 0 Å². The normalized spacial score (nSPS) is 59.4. The lowest BCUT2D eigenvalue weighted by Crippen LogP contribution is -2.74. The van der Waals surface area contributed by atoms with Gasteiger partial charge in [-0.2, -0.15) is 0 Å². The van der Waals surface area contributed by atoms with Crippen molar-refractivity contribution in [2.24, 2.45) is 63.6 Å². The summed E-state index contributed by atoms with van der Waals surface area (Å²) in [6.07, 6.45) is 1.57. The molecule has 0 bridgehead atoms. The van der Waals surface area contributed by atoms with Gasteiger partial charge in [0, 0.05) is 11.8 Å². The molecule has 5 nitrogen and oxygen atoms in total. The van der Waals surface area contributed by atoms with Gasteiger partial charge in [-0.25, -0.2) is 0 Å². The average Bonchev–Trinajstić information content (AvgIpc) is 3.32. The third kappa shape index (κ3) is 3.36. The molecule has 202 valence electrons. The highest BCUT2D eigenvalue weighted by Crippen LogP contribution is 2.72. The third-order valence-corrected chi connectivity index (χ3v) is 13.6. The summed E-state index contributed by atoms with van der Waals surface area (Å²) in [6, 6.07) is 0. The van der Waals surface area contributed by atoms with Crippen LogP contribution in [-0.4, -0.2) is 55.5 Å². The number of aliphatic hydroxyl groups excluding tert-OH is 4. The minimum Gasteiger partial charge on any atom is -0.393 e. The van der Waals surface area contributed by atoms with E-state index < -0.39 is 35.4 Å². The topological polar surface area (TPSA) is 101 Å². The molecule has 0 saturated heterocycles. The lowest BCUT2D eigenvalue weighted by Gasteiger charge is -2.67. The molecule has 0 aromatic heterocycles. The van der Waals surface area contributed by atoms with Crippen LogP contribution < -0.4 is 0 Å². The highest BCUT2D eigenvalue weighted by atomic mass is 16.4. The molecule has 5 rings (SSSR count). The molecule has 0 heterocycles. The van der Waals surface area contributed by atoms with E-state index in [1.54, 1.807) is 0 Å². The molecular formula is C30H52O5. The smallest absolute Gasteiger partial charge is 0.101 e. The van der Waals surface area contributed by atoms with Gasteiger partial charge in [0.1, 0.15) is 5.60 Å². The van der Waals surface area contributed by atoms with Crippen LogP contribution in [0, 0.1) is 63.6 Å². The predicted molar refractivity (Wildman–Crippen MR) is 136 cm³/mol. The van der Waals surface area contributed by atoms with Crippen LogP contribution in [0.2, 0.25) is 0 Å². The standard InChI is InChI=1S/C30H52O5/c1-15(2)17(4)27(5)13-22(27)16(3)20-8-9-21-19-11-25(34)30(35)12-18(31)10-24(33)29(30,7)26(19)23(32)14-28(20,21)6/h15-26,31-35H,8-14H2,1-7H3/t16-,17+,18?,19-,20+,21-,22+,23?,24?,25?,26+,27+,28+,29+,30?/m0/s1. The molecule has 5 aliphatic carbocycles. The molecule has 5 N–H and O–H groups in total. The van der Waals surface area contributed by atoms with Gasteiger partial charge >= 0.3 is 0 Å². The molecule has 0 amide bonds. The van der Waals surface area contributed by atoms with Gasteiger partial charge in [-0.05, 0) is 96.7 Å². The molecule has 15 atom stereocenters. The van der Waals surface area contributed by atoms with Crippen LogP contribution in [0.3, 0.4) is 0 Å². The Morgan fingerprint density at radius 1 is 0.771 bits per heavy atom. The number of rotatable bonds is 4. The molecule has 0 radical (unpaired) electrons. The van der Waals surface area contributed by atoms with Crippen molar-refractivity contribution in [3.05, 3.63) is 0 Å². The zero-order valence-electron chi connectivity index (χ0n) is 23.1. The molecular weight excluding hydrogens is 440 g/mol. The first-order valence-corrected chi connectivity index (χ1v) is 14.6. The molecule has 0 spiro atoms. The summed E-state index contributed by atoms with van der Waals surface area (Å²) in [4.78, 5) is 0. The Morgan fingerprint density at radius 2 is 1.43 bits per heavy atom. The molecule has 5 aliphatic rings. The van der Waals surface area contributed by atoms with Crippen LogP contribution in [-0.2, 0) is 0 Å². The second kappa shape index (κ2) is 8.15. The van der Waals surface area contributed by atoms with Crippen molar-refractivity contribution in [1.82, 2.24) is 0 Å². The zero-order valence-corrected chi connectivity index (χ0v) is 23.1. The van der Waals surface area contributed by atoms with Crippen LogP contribution >= 0.6 is 0 Å². The van der Waals surface area contributed by atoms with Crippen molar-refractivity contribution >= 4 is 0 Å². The first-order valence-electron chi connectivity index (χ1n) is 14.6. The van der Waals surface area contributed by atoms with Crippen LogP contribution in [0.4, 0.5) is 0 Å². The van der Waals surface area contributed by atoms with Crippen LogP contribution in [0.1, 0.15) is 93.4 Å². The fourth-order valence-electron chi connectivity index (χ4n) is 11.1. The summed E-state index contributed by atoms with van der Waals surface area (Å²) in [7, 11) is 0. The quantitative estimate of drug-likeness (QED) is 0.409. The monoisotopic (exact) mass is 492 g/mol. The Bertz CT molecular complexity index is 832. The van der Waals surface area contributed by atoms with E-state index in [1.165, 1.54) is 12.8 Å². The van der Waals surface area contributed by atoms with E-state index in [-0.39, 0.29) is 30.1 Å². The fourth-order valence-corrected chi connectivity index (χ4v) is 11.1. The zero-order chi connectivity index (χ0) is 25.9. The number of hydrogen-bond donors (Lipinski definition) is 5. The highest BCUT2D eigenvalue weighted by molar-refractivity contribution is 5.21. The van der Waals surface area contributed by atoms with E-state index in [2.05, 4.69) is 41.5 Å². The lowest BCUT2D eigenvalue weighted by molar-refractivity contribution is -0.310. The first-order chi connectivity index (χ1) is 16.1. The van der Waals surface area contributed by atoms with Gasteiger partial charge < -0.3 is 25.5 Å². The molecule has 5 saturated carbocycles. The van der Waals surface area contributed by atoms with Crippen molar-refractivity contribution in [3.63, 3.8) is 0 Å². The average molecular weight is 493 g/mol. The fraction of sp³-hybridized carbons (Fsp3) is 1.00. The number of fused-ring (bicyclic) bond motifs is 5. The summed E-state index contributed by atoms with van der Waals surface area (Å²) in [5.74, 6) is 3.47. The Morgan fingerprint density at radius 3 is 2.06 bits per heavy atom. The van der Waals surface area contributed by atoms with Crippen molar-refractivity contribution in [1.29, 1.82) is 0 Å². The van der Waals surface area contributed by atoms with E-state index in [0.29, 0.717) is 47.8 Å². The Balaban J connectivity index is 1.44. The van der Waals surface area contributed by atoms with Gasteiger partial charge in [0.15, 0.2) is 0 Å². The minimum atomic E-state index is -1.58. The molecule has 0 aromatic rings. The van der Waals surface area contributed by atoms with E-state index in [4.69, 9.17) is 0 Å². The molecule has 5 heteroatoms. The van der Waals surface area contributed by atoms with Crippen molar-refractivity contribution in [3.8, 4) is 0 Å². The maximum atomic E-state index is 11.8. The van der Waals surface area contributed by atoms with Crippen LogP contribution in [0.15, 0.2) is 0 Å². The molecule has 35 heavy (non-hydrogen) atoms. The minimum absolute atomic E-state index is 0.00916. The van der Waals surface area contributed by atoms with Crippen molar-refractivity contribution in [2.45, 2.75) is 123 Å². The predicted octanol–water partition coefficient (Wildman–Crippen LogP) is 3.99. The number of hydrogen-bond acceptors (Lipinski definition) is 5. The summed E-state index contributed by atoms with van der Waals surface area (Å²) in [5.41, 5.74) is -2.18. The summed E-state index contributed by atoms with van der Waals surface area (Å²) >= 11 is 0. The van der Waals surface area contributed by atoms with Crippen molar-refractivity contribution in [2.75, 3.05) is 0 Å². The Kier molecular flexibility index (Phi) is 6.15. The van der Waals surface area contributed by atoms with Crippen molar-refractivity contribution < 1.29 is 25.5 Å². The molecule has 0 aliphatic heterocycles. The van der Waals surface area contributed by atoms with Gasteiger partial charge in [0.05, 0.1) is 24.4 Å². The maximum Gasteiger partial charge on any atom is 0.101 e. The van der Waals surface area contributed by atoms with Crippen LogP contribution in [0.25, 0.3) is 0 Å². The van der Waals surface area contributed by atoms with Gasteiger partial charge in [0.25, 0.3) is 0 Å². The molecule has 5 fully saturated rings. The highest BCUT2D eigenvalue weighted by Gasteiger charge is 2.72. The largest absolute Gasteiger partial charge is 0.393 e. The second-order valence-corrected chi connectivity index (χ2v) is 15.0. The first kappa shape index (κ1) is 26.4. The van der Waals surface area contributed by atoms with E-state index >= 15 is 0 Å². The van der Waals surface area contributed by atoms with Gasteiger partial charge in [-0.3, -0.25) is 0 Å². The van der Waals surface area contributed by atoms with Gasteiger partial charge in [-0.1, -0.05) is 48.5 Å². The Labute approximate surface area is 212 Å². The third-order valence-electron chi connectivity index (χ3n) is 13.6. The lowest BCUT2D eigenvalue weighted by atomic mass is 9.41. The molecule has 0 aromatic carbocycles. The maximum absolute atomic E-state index is 11.8. The second-order valence-electron chi connectivity index (χ2n) is 15.0. The van der Waals surface area contributed by atoms with E-state index in [1.807, 2.05) is 6.92 Å². The SMILES string of the molecule is CC(C)[C@@H](C)[C@@]1(C)C[C@@H]1[C@@H](C)[C@H]1CC[C@H]2[C@@H]3CC(O)C4(O)CC(O)CC(O)[C@]4(C)[C@H]3C(O)C[C@]12C. The van der Waals surface area contributed by atoms with E-state index in [9.17, 15) is 25.5 Å². The van der Waals surface area contributed by atoms with Crippen LogP contribution in [0.5, 0.6) is 0 Å². The van der Waals surface area contributed by atoms with E-state index in [0.717, 1.165) is 12.3 Å². The summed E-state index contributed by atoms with van der Waals surface area (Å²) < 4.78 is 0. The Hall–Kier alpha value is -0.200.